The summed E-state index contributed by atoms with van der Waals surface area (Å²) in [6, 6.07) is 0. The Bertz CT molecular complexity index is 180. The summed E-state index contributed by atoms with van der Waals surface area (Å²) >= 11 is 0. The molecule has 0 fully saturated rings. The molecule has 0 aliphatic rings. The molecule has 0 aromatic heterocycles. The molecule has 0 aliphatic heterocycles. The molecule has 0 radical (unpaired) electrons. The van der Waals surface area contributed by atoms with Gasteiger partial charge in [-0.2, -0.15) is 0 Å². The summed E-state index contributed by atoms with van der Waals surface area (Å²) in [5.41, 5.74) is 2.58. The van der Waals surface area contributed by atoms with Crippen molar-refractivity contribution in [2.45, 2.75) is 40.5 Å². The number of carbonyl (C=O) groups excluding carboxylic acids is 1. The van der Waals surface area contributed by atoms with Gasteiger partial charge in [0.25, 0.3) is 0 Å². The first-order valence-electron chi connectivity index (χ1n) is 4.42. The van der Waals surface area contributed by atoms with Crippen LogP contribution in [0.25, 0.3) is 0 Å². The van der Waals surface area contributed by atoms with Gasteiger partial charge in [0.05, 0.1) is 0 Å². The van der Waals surface area contributed by atoms with E-state index in [9.17, 15) is 4.79 Å². The minimum absolute atomic E-state index is 0.204. The van der Waals surface area contributed by atoms with Crippen LogP contribution in [0.5, 0.6) is 0 Å². The molecule has 0 spiro atoms. The largest absolute Gasteiger partial charge is 0.461 e. The van der Waals surface area contributed by atoms with E-state index >= 15 is 0 Å². The van der Waals surface area contributed by atoms with Crippen LogP contribution in [0.4, 0.5) is 0 Å². The Morgan fingerprint density at radius 2 is 1.75 bits per heavy atom. The average Bonchev–Trinajstić information content (AvgIpc) is 2.04. The Morgan fingerprint density at radius 3 is 2.08 bits per heavy atom. The monoisotopic (exact) mass is 170 g/mol. The van der Waals surface area contributed by atoms with Crippen LogP contribution in [0.1, 0.15) is 40.5 Å². The second kappa shape index (κ2) is 5.81. The Kier molecular flexibility index (Phi) is 5.43. The van der Waals surface area contributed by atoms with Crippen molar-refractivity contribution in [3.63, 3.8) is 0 Å². The van der Waals surface area contributed by atoms with Crippen molar-refractivity contribution in [2.75, 3.05) is 6.61 Å². The van der Waals surface area contributed by atoms with E-state index < -0.39 is 0 Å². The number of rotatable bonds is 4. The molecule has 0 saturated carbocycles. The van der Waals surface area contributed by atoms with Gasteiger partial charge in [0.1, 0.15) is 6.61 Å². The quantitative estimate of drug-likeness (QED) is 0.479. The summed E-state index contributed by atoms with van der Waals surface area (Å²) in [5, 5.41) is 0. The molecule has 0 amide bonds. The summed E-state index contributed by atoms with van der Waals surface area (Å²) in [7, 11) is 0. The summed E-state index contributed by atoms with van der Waals surface area (Å²) in [4.78, 5) is 10.5. The van der Waals surface area contributed by atoms with Crippen LogP contribution >= 0.6 is 0 Å². The van der Waals surface area contributed by atoms with E-state index in [1.807, 2.05) is 0 Å². The summed E-state index contributed by atoms with van der Waals surface area (Å²) < 4.78 is 4.92. The summed E-state index contributed by atoms with van der Waals surface area (Å²) in [6.45, 7) is 8.18. The predicted octanol–water partition coefficient (Wildman–Crippen LogP) is 2.69. The van der Waals surface area contributed by atoms with E-state index in [0.29, 0.717) is 6.61 Å². The maximum Gasteiger partial charge on any atom is 0.302 e. The molecule has 0 heterocycles. The molecule has 0 N–H and O–H groups in total. The van der Waals surface area contributed by atoms with Gasteiger partial charge in [-0.15, -0.1) is 0 Å². The number of hydrogen-bond acceptors (Lipinski definition) is 2. The lowest BCUT2D eigenvalue weighted by molar-refractivity contribution is -0.140. The summed E-state index contributed by atoms with van der Waals surface area (Å²) in [6.07, 6.45) is 2.00. The van der Waals surface area contributed by atoms with Crippen molar-refractivity contribution < 1.29 is 9.53 Å². The van der Waals surface area contributed by atoms with E-state index in [-0.39, 0.29) is 5.97 Å². The molecule has 12 heavy (non-hydrogen) atoms. The van der Waals surface area contributed by atoms with Crippen LogP contribution in [0, 0.1) is 0 Å². The van der Waals surface area contributed by atoms with Gasteiger partial charge >= 0.3 is 5.97 Å². The normalized spacial score (nSPS) is 12.3. The molecule has 0 rings (SSSR count). The standard InChI is InChI=1S/C10H18O2/c1-5-8(3)10(6-2)7-12-9(4)11/h5-7H2,1-4H3. The van der Waals surface area contributed by atoms with Crippen molar-refractivity contribution >= 4 is 5.97 Å². The molecule has 0 aromatic carbocycles. The Hall–Kier alpha value is -0.790. The van der Waals surface area contributed by atoms with Gasteiger partial charge in [-0.3, -0.25) is 4.79 Å². The van der Waals surface area contributed by atoms with Crippen LogP contribution in [0.2, 0.25) is 0 Å². The average molecular weight is 170 g/mol. The zero-order chi connectivity index (χ0) is 9.56. The molecule has 0 saturated heterocycles. The van der Waals surface area contributed by atoms with Gasteiger partial charge in [0, 0.05) is 6.92 Å². The van der Waals surface area contributed by atoms with Gasteiger partial charge < -0.3 is 4.74 Å². The van der Waals surface area contributed by atoms with Crippen LogP contribution in [-0.2, 0) is 9.53 Å². The fourth-order valence-corrected chi connectivity index (χ4v) is 0.966. The van der Waals surface area contributed by atoms with E-state index in [0.717, 1.165) is 12.8 Å². The third-order valence-corrected chi connectivity index (χ3v) is 2.01. The molecule has 70 valence electrons. The number of carbonyl (C=O) groups is 1. The fourth-order valence-electron chi connectivity index (χ4n) is 0.966. The van der Waals surface area contributed by atoms with Gasteiger partial charge in [-0.1, -0.05) is 19.4 Å². The SMILES string of the molecule is CCC(C)=C(CC)COC(C)=O. The number of esters is 1. The Morgan fingerprint density at radius 1 is 1.17 bits per heavy atom. The Balaban J connectivity index is 4.08. The molecule has 2 nitrogen and oxygen atoms in total. The molecular formula is C10H18O2. The highest BCUT2D eigenvalue weighted by Gasteiger charge is 2.00. The Labute approximate surface area is 74.6 Å². The molecule has 0 atom stereocenters. The third-order valence-electron chi connectivity index (χ3n) is 2.01. The first-order valence-corrected chi connectivity index (χ1v) is 4.42. The zero-order valence-electron chi connectivity index (χ0n) is 8.44. The van der Waals surface area contributed by atoms with Crippen LogP contribution in [-0.4, -0.2) is 12.6 Å². The minimum Gasteiger partial charge on any atom is -0.461 e. The molecule has 0 aliphatic carbocycles. The second-order valence-corrected chi connectivity index (χ2v) is 2.87. The minimum atomic E-state index is -0.204. The van der Waals surface area contributed by atoms with E-state index in [4.69, 9.17) is 4.74 Å². The first kappa shape index (κ1) is 11.2. The van der Waals surface area contributed by atoms with Crippen molar-refractivity contribution in [3.8, 4) is 0 Å². The summed E-state index contributed by atoms with van der Waals surface area (Å²) in [5.74, 6) is -0.204. The van der Waals surface area contributed by atoms with Gasteiger partial charge in [0.15, 0.2) is 0 Å². The maximum atomic E-state index is 10.5. The molecule has 0 bridgehead atoms. The molecule has 2 heteroatoms. The fraction of sp³-hybridized carbons (Fsp3) is 0.700. The first-order chi connectivity index (χ1) is 5.61. The molecule has 0 unspecified atom stereocenters. The third kappa shape index (κ3) is 4.16. The maximum absolute atomic E-state index is 10.5. The van der Waals surface area contributed by atoms with Gasteiger partial charge in [-0.05, 0) is 25.3 Å². The highest BCUT2D eigenvalue weighted by molar-refractivity contribution is 5.66. The lowest BCUT2D eigenvalue weighted by Gasteiger charge is -2.08. The topological polar surface area (TPSA) is 26.3 Å². The number of ether oxygens (including phenoxy) is 1. The van der Waals surface area contributed by atoms with Crippen molar-refractivity contribution in [3.05, 3.63) is 11.1 Å². The van der Waals surface area contributed by atoms with Gasteiger partial charge in [0.2, 0.25) is 0 Å². The smallest absolute Gasteiger partial charge is 0.302 e. The van der Waals surface area contributed by atoms with E-state index in [1.54, 1.807) is 0 Å². The van der Waals surface area contributed by atoms with Crippen molar-refractivity contribution in [2.24, 2.45) is 0 Å². The molecule has 0 aromatic rings. The number of allylic oxidation sites excluding steroid dienone is 1. The van der Waals surface area contributed by atoms with E-state index in [1.165, 1.54) is 18.1 Å². The zero-order valence-corrected chi connectivity index (χ0v) is 8.44. The van der Waals surface area contributed by atoms with Crippen molar-refractivity contribution in [1.29, 1.82) is 0 Å². The highest BCUT2D eigenvalue weighted by atomic mass is 16.5. The van der Waals surface area contributed by atoms with Gasteiger partial charge in [-0.25, -0.2) is 0 Å². The highest BCUT2D eigenvalue weighted by Crippen LogP contribution is 2.11. The van der Waals surface area contributed by atoms with Crippen LogP contribution < -0.4 is 0 Å². The lowest BCUT2D eigenvalue weighted by Crippen LogP contribution is -2.04. The predicted molar refractivity (Wildman–Crippen MR) is 49.9 cm³/mol. The van der Waals surface area contributed by atoms with E-state index in [2.05, 4.69) is 20.8 Å². The van der Waals surface area contributed by atoms with Crippen LogP contribution in [0.3, 0.4) is 0 Å². The lowest BCUT2D eigenvalue weighted by atomic mass is 10.1. The second-order valence-electron chi connectivity index (χ2n) is 2.87. The van der Waals surface area contributed by atoms with Crippen LogP contribution in [0.15, 0.2) is 11.1 Å². The number of hydrogen-bond donors (Lipinski definition) is 0. The molecular weight excluding hydrogens is 152 g/mol. The van der Waals surface area contributed by atoms with Crippen molar-refractivity contribution in [1.82, 2.24) is 0 Å².